The Balaban J connectivity index is 1.73. The van der Waals surface area contributed by atoms with E-state index in [9.17, 15) is 9.90 Å². The number of H-pyrrole nitrogens is 1. The molecule has 0 bridgehead atoms. The largest absolute Gasteiger partial charge is 0.512 e. The molecule has 0 saturated carbocycles. The molecule has 0 unspecified atom stereocenters. The Morgan fingerprint density at radius 1 is 1.33 bits per heavy atom. The Hall–Kier alpha value is -2.23. The molecular formula is C20H22N2O2. The molecule has 2 aliphatic heterocycles. The average molecular weight is 322 g/mol. The molecule has 1 aliphatic carbocycles. The highest BCUT2D eigenvalue weighted by Gasteiger charge is 2.61. The maximum Gasteiger partial charge on any atom is 0.253 e. The van der Waals surface area contributed by atoms with Crippen molar-refractivity contribution in [1.82, 2.24) is 9.88 Å². The van der Waals surface area contributed by atoms with E-state index < -0.39 is 0 Å². The first-order chi connectivity index (χ1) is 11.4. The van der Waals surface area contributed by atoms with Crippen LogP contribution in [-0.2, 0) is 11.2 Å². The highest BCUT2D eigenvalue weighted by molar-refractivity contribution is 5.98. The van der Waals surface area contributed by atoms with Gasteiger partial charge in [-0.3, -0.25) is 4.79 Å². The van der Waals surface area contributed by atoms with Crippen LogP contribution in [0.1, 0.15) is 44.2 Å². The van der Waals surface area contributed by atoms with Crippen LogP contribution >= 0.6 is 0 Å². The minimum absolute atomic E-state index is 0.0234. The third kappa shape index (κ3) is 1.47. The van der Waals surface area contributed by atoms with Gasteiger partial charge in [-0.1, -0.05) is 12.1 Å². The molecular weight excluding hydrogens is 300 g/mol. The summed E-state index contributed by atoms with van der Waals surface area (Å²) < 4.78 is 0. The Labute approximate surface area is 141 Å². The van der Waals surface area contributed by atoms with E-state index in [4.69, 9.17) is 0 Å². The molecule has 3 heterocycles. The first-order valence-electron chi connectivity index (χ1n) is 8.72. The van der Waals surface area contributed by atoms with Crippen molar-refractivity contribution in [1.29, 1.82) is 0 Å². The number of aromatic amines is 1. The van der Waals surface area contributed by atoms with E-state index >= 15 is 0 Å². The summed E-state index contributed by atoms with van der Waals surface area (Å²) in [5, 5.41) is 11.3. The van der Waals surface area contributed by atoms with Gasteiger partial charge in [0.05, 0.1) is 11.3 Å². The van der Waals surface area contributed by atoms with Crippen molar-refractivity contribution in [2.45, 2.75) is 51.1 Å². The summed E-state index contributed by atoms with van der Waals surface area (Å²) in [4.78, 5) is 18.4. The molecule has 5 rings (SSSR count). The van der Waals surface area contributed by atoms with Gasteiger partial charge in [-0.2, -0.15) is 0 Å². The maximum absolute atomic E-state index is 12.9. The number of aliphatic hydroxyl groups excluding tert-OH is 1. The highest BCUT2D eigenvalue weighted by atomic mass is 16.3. The Kier molecular flexibility index (Phi) is 2.50. The molecule has 3 atom stereocenters. The lowest BCUT2D eigenvalue weighted by Crippen LogP contribution is -2.46. The van der Waals surface area contributed by atoms with Gasteiger partial charge in [0.1, 0.15) is 0 Å². The second-order valence-corrected chi connectivity index (χ2v) is 8.08. The number of carbonyl (C=O) groups is 1. The standard InChI is InChI=1S/C20H22N2O2/c1-10(23)12-8-16-18-13-9-21-15-6-4-5-11(17(13)15)7-14(18)20(2,3)22(16)19(12)24/h4-6,9,14,16,18,21,23H,7-8H2,1-3H3/b12-10-/t14-,16-,18-/m1/s1. The molecule has 0 spiro atoms. The van der Waals surface area contributed by atoms with Crippen LogP contribution in [0, 0.1) is 5.92 Å². The minimum atomic E-state index is -0.208. The molecule has 0 radical (unpaired) electrons. The van der Waals surface area contributed by atoms with E-state index in [-0.39, 0.29) is 23.2 Å². The molecule has 4 heteroatoms. The van der Waals surface area contributed by atoms with Crippen LogP contribution in [-0.4, -0.2) is 32.5 Å². The molecule has 124 valence electrons. The van der Waals surface area contributed by atoms with Crippen molar-refractivity contribution in [3.8, 4) is 0 Å². The van der Waals surface area contributed by atoms with Crippen molar-refractivity contribution in [3.63, 3.8) is 0 Å². The quantitative estimate of drug-likeness (QED) is 0.574. The van der Waals surface area contributed by atoms with Crippen LogP contribution in [0.15, 0.2) is 35.7 Å². The minimum Gasteiger partial charge on any atom is -0.512 e. The fourth-order valence-corrected chi connectivity index (χ4v) is 5.61. The number of amides is 1. The van der Waals surface area contributed by atoms with Crippen LogP contribution in [0.2, 0.25) is 0 Å². The van der Waals surface area contributed by atoms with E-state index in [2.05, 4.69) is 48.1 Å². The first kappa shape index (κ1) is 14.1. The highest BCUT2D eigenvalue weighted by Crippen LogP contribution is 2.58. The number of hydrogen-bond donors (Lipinski definition) is 2. The second kappa shape index (κ2) is 4.24. The molecule has 2 fully saturated rings. The van der Waals surface area contributed by atoms with Crippen molar-refractivity contribution >= 4 is 16.8 Å². The Morgan fingerprint density at radius 2 is 2.12 bits per heavy atom. The predicted molar refractivity (Wildman–Crippen MR) is 92.9 cm³/mol. The number of fused-ring (bicyclic) bond motifs is 4. The summed E-state index contributed by atoms with van der Waals surface area (Å²) in [5.74, 6) is 0.956. The molecule has 1 aromatic carbocycles. The summed E-state index contributed by atoms with van der Waals surface area (Å²) >= 11 is 0. The molecule has 4 nitrogen and oxygen atoms in total. The number of rotatable bonds is 0. The lowest BCUT2D eigenvalue weighted by molar-refractivity contribution is -0.130. The third-order valence-electron chi connectivity index (χ3n) is 6.66. The van der Waals surface area contributed by atoms with E-state index in [1.54, 1.807) is 6.92 Å². The van der Waals surface area contributed by atoms with Crippen molar-refractivity contribution in [2.75, 3.05) is 0 Å². The Morgan fingerprint density at radius 3 is 2.88 bits per heavy atom. The smallest absolute Gasteiger partial charge is 0.253 e. The maximum atomic E-state index is 12.9. The first-order valence-corrected chi connectivity index (χ1v) is 8.72. The van der Waals surface area contributed by atoms with Crippen molar-refractivity contribution < 1.29 is 9.90 Å². The molecule has 1 amide bonds. The van der Waals surface area contributed by atoms with Crippen LogP contribution in [0.3, 0.4) is 0 Å². The zero-order valence-electron chi connectivity index (χ0n) is 14.3. The number of nitrogens with one attached hydrogen (secondary N) is 1. The normalized spacial score (nSPS) is 32.2. The van der Waals surface area contributed by atoms with Gasteiger partial charge in [-0.15, -0.1) is 0 Å². The molecule has 1 aromatic heterocycles. The molecule has 3 aliphatic rings. The summed E-state index contributed by atoms with van der Waals surface area (Å²) in [7, 11) is 0. The van der Waals surface area contributed by atoms with Gasteiger partial charge in [-0.25, -0.2) is 0 Å². The van der Waals surface area contributed by atoms with Crippen LogP contribution in [0.5, 0.6) is 0 Å². The van der Waals surface area contributed by atoms with Crippen molar-refractivity contribution in [2.24, 2.45) is 5.92 Å². The van der Waals surface area contributed by atoms with Gasteiger partial charge < -0.3 is 15.0 Å². The third-order valence-corrected chi connectivity index (χ3v) is 6.66. The predicted octanol–water partition coefficient (Wildman–Crippen LogP) is 3.65. The zero-order valence-corrected chi connectivity index (χ0v) is 14.3. The van der Waals surface area contributed by atoms with E-state index in [1.807, 2.05) is 0 Å². The fraction of sp³-hybridized carbons (Fsp3) is 0.450. The van der Waals surface area contributed by atoms with E-state index in [1.165, 1.54) is 22.0 Å². The summed E-state index contributed by atoms with van der Waals surface area (Å²) in [5.41, 5.74) is 4.32. The monoisotopic (exact) mass is 322 g/mol. The average Bonchev–Trinajstić information content (AvgIpc) is 3.15. The van der Waals surface area contributed by atoms with Gasteiger partial charge in [0.15, 0.2) is 0 Å². The lowest BCUT2D eigenvalue weighted by atomic mass is 9.69. The Bertz CT molecular complexity index is 917. The van der Waals surface area contributed by atoms with Gasteiger partial charge in [0.25, 0.3) is 5.91 Å². The number of aromatic nitrogens is 1. The number of carbonyl (C=O) groups excluding carboxylic acids is 1. The molecule has 2 aromatic rings. The van der Waals surface area contributed by atoms with E-state index in [0.29, 0.717) is 23.8 Å². The van der Waals surface area contributed by atoms with Crippen molar-refractivity contribution in [3.05, 3.63) is 46.9 Å². The van der Waals surface area contributed by atoms with Crippen LogP contribution < -0.4 is 0 Å². The lowest BCUT2D eigenvalue weighted by Gasteiger charge is -2.37. The molecule has 24 heavy (non-hydrogen) atoms. The topological polar surface area (TPSA) is 56.3 Å². The van der Waals surface area contributed by atoms with Gasteiger partial charge in [-0.05, 0) is 50.3 Å². The van der Waals surface area contributed by atoms with Crippen LogP contribution in [0.4, 0.5) is 0 Å². The van der Waals surface area contributed by atoms with E-state index in [0.717, 1.165) is 6.42 Å². The molecule has 2 N–H and O–H groups in total. The second-order valence-electron chi connectivity index (χ2n) is 8.08. The number of benzene rings is 1. The number of nitrogens with zero attached hydrogens (tertiary/aromatic N) is 1. The molecule has 2 saturated heterocycles. The van der Waals surface area contributed by atoms with Gasteiger partial charge in [0, 0.05) is 41.0 Å². The van der Waals surface area contributed by atoms with Gasteiger partial charge >= 0.3 is 0 Å². The van der Waals surface area contributed by atoms with Gasteiger partial charge in [0.2, 0.25) is 0 Å². The summed E-state index contributed by atoms with van der Waals surface area (Å²) in [6.45, 7) is 6.01. The number of aliphatic hydroxyl groups is 1. The zero-order chi connectivity index (χ0) is 16.8. The summed E-state index contributed by atoms with van der Waals surface area (Å²) in [6, 6.07) is 6.62. The number of allylic oxidation sites excluding steroid dienone is 1. The van der Waals surface area contributed by atoms with Crippen LogP contribution in [0.25, 0.3) is 10.9 Å². The fourth-order valence-electron chi connectivity index (χ4n) is 5.61. The SMILES string of the molecule is C/C(O)=C1\C[C@@H]2[C@@H]3c4c[nH]c5cccc(c45)C[C@H]3C(C)(C)N2C1=O. The summed E-state index contributed by atoms with van der Waals surface area (Å²) in [6.07, 6.45) is 3.81. The number of hydrogen-bond acceptors (Lipinski definition) is 2.